The first-order valence-electron chi connectivity index (χ1n) is 10.2. The SMILES string of the molecule is Cc1cc(Br)ccc1-n1[nH]c(C)c(C=Nc2c(C)nn(Cc3ccccc3Cl)c2C)c1=O. The minimum Gasteiger partial charge on any atom is -0.295 e. The molecule has 2 aromatic carbocycles. The highest BCUT2D eigenvalue weighted by Crippen LogP contribution is 2.25. The van der Waals surface area contributed by atoms with Crippen molar-refractivity contribution >= 4 is 39.4 Å². The number of aryl methyl sites for hydroxylation is 3. The van der Waals surface area contributed by atoms with Crippen molar-refractivity contribution in [3.63, 3.8) is 0 Å². The van der Waals surface area contributed by atoms with Gasteiger partial charge in [0.2, 0.25) is 0 Å². The maximum atomic E-state index is 13.1. The molecule has 4 aromatic rings. The number of aliphatic imine (C=N–C) groups is 1. The molecular formula is C24H23BrClN5O. The number of rotatable bonds is 5. The standard InChI is InChI=1S/C24H23BrClN5O/c1-14-11-19(25)9-10-22(14)31-24(32)20(15(2)29-31)12-27-23-16(3)28-30(17(23)4)13-18-7-5-6-8-21(18)26/h5-12,29H,13H2,1-4H3. The Bertz CT molecular complexity index is 1400. The Balaban J connectivity index is 1.67. The highest BCUT2D eigenvalue weighted by atomic mass is 79.9. The van der Waals surface area contributed by atoms with Crippen LogP contribution < -0.4 is 5.56 Å². The van der Waals surface area contributed by atoms with Crippen LogP contribution in [0.4, 0.5) is 5.69 Å². The number of hydrogen-bond acceptors (Lipinski definition) is 3. The second-order valence-corrected chi connectivity index (χ2v) is 9.07. The molecule has 2 aromatic heterocycles. The topological polar surface area (TPSA) is 68.0 Å². The van der Waals surface area contributed by atoms with E-state index in [0.29, 0.717) is 17.1 Å². The molecule has 32 heavy (non-hydrogen) atoms. The van der Waals surface area contributed by atoms with Crippen molar-refractivity contribution in [3.8, 4) is 5.69 Å². The number of hydrogen-bond donors (Lipinski definition) is 1. The highest BCUT2D eigenvalue weighted by molar-refractivity contribution is 9.10. The molecule has 6 nitrogen and oxygen atoms in total. The van der Waals surface area contributed by atoms with Crippen LogP contribution in [0.25, 0.3) is 5.69 Å². The summed E-state index contributed by atoms with van der Waals surface area (Å²) in [5, 5.41) is 8.49. The molecule has 0 radical (unpaired) electrons. The summed E-state index contributed by atoms with van der Waals surface area (Å²) in [6.45, 7) is 8.28. The molecule has 2 heterocycles. The van der Waals surface area contributed by atoms with Crippen LogP contribution in [0.5, 0.6) is 0 Å². The molecule has 0 unspecified atom stereocenters. The minimum atomic E-state index is -0.143. The molecule has 1 N–H and O–H groups in total. The van der Waals surface area contributed by atoms with Crippen LogP contribution in [0.1, 0.15) is 33.8 Å². The van der Waals surface area contributed by atoms with E-state index in [1.807, 2.05) is 74.8 Å². The van der Waals surface area contributed by atoms with Gasteiger partial charge in [-0.3, -0.25) is 19.6 Å². The van der Waals surface area contributed by atoms with Gasteiger partial charge in [-0.15, -0.1) is 0 Å². The smallest absolute Gasteiger partial charge is 0.280 e. The van der Waals surface area contributed by atoms with E-state index in [1.165, 1.54) is 0 Å². The van der Waals surface area contributed by atoms with E-state index >= 15 is 0 Å². The summed E-state index contributed by atoms with van der Waals surface area (Å²) >= 11 is 9.77. The largest absolute Gasteiger partial charge is 0.295 e. The number of aromatic amines is 1. The maximum Gasteiger partial charge on any atom is 0.280 e. The predicted octanol–water partition coefficient (Wildman–Crippen LogP) is 5.81. The second kappa shape index (κ2) is 8.92. The number of nitrogens with zero attached hydrogens (tertiary/aromatic N) is 4. The molecule has 0 aliphatic rings. The fraction of sp³-hybridized carbons (Fsp3) is 0.208. The Labute approximate surface area is 199 Å². The van der Waals surface area contributed by atoms with Crippen LogP contribution in [-0.2, 0) is 6.54 Å². The Hall–Kier alpha value is -2.90. The summed E-state index contributed by atoms with van der Waals surface area (Å²) in [5.41, 5.74) is 6.37. The zero-order chi connectivity index (χ0) is 23.0. The summed E-state index contributed by atoms with van der Waals surface area (Å²) in [6.07, 6.45) is 1.62. The lowest BCUT2D eigenvalue weighted by Crippen LogP contribution is -2.18. The first-order valence-corrected chi connectivity index (χ1v) is 11.3. The summed E-state index contributed by atoms with van der Waals surface area (Å²) in [6, 6.07) is 13.5. The van der Waals surface area contributed by atoms with Crippen molar-refractivity contribution in [2.45, 2.75) is 34.2 Å². The van der Waals surface area contributed by atoms with Crippen molar-refractivity contribution in [2.75, 3.05) is 0 Å². The molecule has 0 amide bonds. The molecule has 4 rings (SSSR count). The van der Waals surface area contributed by atoms with E-state index in [2.05, 4.69) is 31.1 Å². The van der Waals surface area contributed by atoms with Crippen LogP contribution in [0.3, 0.4) is 0 Å². The Morgan fingerprint density at radius 3 is 2.62 bits per heavy atom. The normalized spacial score (nSPS) is 11.6. The van der Waals surface area contributed by atoms with Gasteiger partial charge < -0.3 is 0 Å². The molecule has 0 aliphatic heterocycles. The average molecular weight is 513 g/mol. The van der Waals surface area contributed by atoms with Gasteiger partial charge in [-0.2, -0.15) is 5.10 Å². The Kier molecular flexibility index (Phi) is 6.22. The lowest BCUT2D eigenvalue weighted by Gasteiger charge is -2.06. The van der Waals surface area contributed by atoms with Crippen LogP contribution in [0.15, 0.2) is 56.7 Å². The third kappa shape index (κ3) is 4.23. The summed E-state index contributed by atoms with van der Waals surface area (Å²) in [5.74, 6) is 0. The van der Waals surface area contributed by atoms with Gasteiger partial charge in [-0.05, 0) is 63.1 Å². The lowest BCUT2D eigenvalue weighted by molar-refractivity contribution is 0.659. The van der Waals surface area contributed by atoms with E-state index in [-0.39, 0.29) is 5.56 Å². The maximum absolute atomic E-state index is 13.1. The van der Waals surface area contributed by atoms with Crippen LogP contribution in [-0.4, -0.2) is 25.8 Å². The van der Waals surface area contributed by atoms with Gasteiger partial charge >= 0.3 is 0 Å². The van der Waals surface area contributed by atoms with Gasteiger partial charge in [0, 0.05) is 21.4 Å². The number of halogens is 2. The monoisotopic (exact) mass is 511 g/mol. The minimum absolute atomic E-state index is 0.143. The number of benzene rings is 2. The summed E-state index contributed by atoms with van der Waals surface area (Å²) < 4.78 is 4.41. The van der Waals surface area contributed by atoms with E-state index in [4.69, 9.17) is 11.6 Å². The highest BCUT2D eigenvalue weighted by Gasteiger charge is 2.15. The quantitative estimate of drug-likeness (QED) is 0.343. The lowest BCUT2D eigenvalue weighted by atomic mass is 10.2. The first kappa shape index (κ1) is 22.3. The predicted molar refractivity (Wildman–Crippen MR) is 133 cm³/mol. The van der Waals surface area contributed by atoms with E-state index < -0.39 is 0 Å². The van der Waals surface area contributed by atoms with Crippen LogP contribution in [0, 0.1) is 27.7 Å². The fourth-order valence-corrected chi connectivity index (χ4v) is 4.37. The number of nitrogens with one attached hydrogen (secondary N) is 1. The van der Waals surface area contributed by atoms with E-state index in [9.17, 15) is 4.79 Å². The molecule has 0 aliphatic carbocycles. The summed E-state index contributed by atoms with van der Waals surface area (Å²) in [7, 11) is 0. The molecule has 8 heteroatoms. The summed E-state index contributed by atoms with van der Waals surface area (Å²) in [4.78, 5) is 17.7. The zero-order valence-corrected chi connectivity index (χ0v) is 20.6. The Morgan fingerprint density at radius 2 is 1.91 bits per heavy atom. The zero-order valence-electron chi connectivity index (χ0n) is 18.3. The van der Waals surface area contributed by atoms with Gasteiger partial charge in [0.05, 0.1) is 29.2 Å². The third-order valence-corrected chi connectivity index (χ3v) is 6.32. The van der Waals surface area contributed by atoms with Gasteiger partial charge in [-0.1, -0.05) is 45.7 Å². The molecular weight excluding hydrogens is 490 g/mol. The van der Waals surface area contributed by atoms with Gasteiger partial charge in [0.15, 0.2) is 0 Å². The van der Waals surface area contributed by atoms with Gasteiger partial charge in [-0.25, -0.2) is 4.68 Å². The fourth-order valence-electron chi connectivity index (χ4n) is 3.70. The van der Waals surface area contributed by atoms with Crippen molar-refractivity contribution < 1.29 is 0 Å². The average Bonchev–Trinajstić information content (AvgIpc) is 3.17. The molecule has 0 saturated heterocycles. The van der Waals surface area contributed by atoms with Gasteiger partial charge in [0.25, 0.3) is 5.56 Å². The second-order valence-electron chi connectivity index (χ2n) is 7.75. The Morgan fingerprint density at radius 1 is 1.16 bits per heavy atom. The third-order valence-electron chi connectivity index (χ3n) is 5.46. The van der Waals surface area contributed by atoms with Crippen LogP contribution >= 0.6 is 27.5 Å². The van der Waals surface area contributed by atoms with Crippen molar-refractivity contribution in [3.05, 3.63) is 96.1 Å². The van der Waals surface area contributed by atoms with E-state index in [1.54, 1.807) is 10.9 Å². The molecule has 0 bridgehead atoms. The van der Waals surface area contributed by atoms with Crippen molar-refractivity contribution in [1.29, 1.82) is 0 Å². The first-order chi connectivity index (χ1) is 15.3. The molecule has 0 saturated carbocycles. The number of H-pyrrole nitrogens is 1. The molecule has 0 fully saturated rings. The molecule has 164 valence electrons. The molecule has 0 atom stereocenters. The molecule has 0 spiro atoms. The van der Waals surface area contributed by atoms with Crippen LogP contribution in [0.2, 0.25) is 5.02 Å². The van der Waals surface area contributed by atoms with E-state index in [0.717, 1.165) is 44.1 Å². The van der Waals surface area contributed by atoms with Gasteiger partial charge in [0.1, 0.15) is 5.69 Å². The van der Waals surface area contributed by atoms with Crippen molar-refractivity contribution in [2.24, 2.45) is 4.99 Å². The van der Waals surface area contributed by atoms with Crippen molar-refractivity contribution in [1.82, 2.24) is 19.6 Å². The number of aromatic nitrogens is 4.